The summed E-state index contributed by atoms with van der Waals surface area (Å²) in [7, 11) is -2.27. The number of amides is 3. The summed E-state index contributed by atoms with van der Waals surface area (Å²) in [6.07, 6.45) is 8.31. The topological polar surface area (TPSA) is 169 Å². The number of aryl methyl sites for hydroxylation is 1. The van der Waals surface area contributed by atoms with Crippen molar-refractivity contribution in [2.75, 3.05) is 19.0 Å². The number of allylic oxidation sites excluding steroid dienone is 1. The molecule has 318 valence electrons. The molecule has 4 aromatic rings. The van der Waals surface area contributed by atoms with Gasteiger partial charge in [0.15, 0.2) is 0 Å². The predicted molar refractivity (Wildman–Crippen MR) is 233 cm³/mol. The number of hydrogen-bond acceptors (Lipinski definition) is 11. The maximum absolute atomic E-state index is 14.9. The van der Waals surface area contributed by atoms with Gasteiger partial charge >= 0.3 is 0 Å². The molecule has 4 heterocycles. The summed E-state index contributed by atoms with van der Waals surface area (Å²) in [6, 6.07) is 11.1. The van der Waals surface area contributed by atoms with Crippen LogP contribution in [0.3, 0.4) is 0 Å². The van der Waals surface area contributed by atoms with Gasteiger partial charge in [-0.1, -0.05) is 56.5 Å². The Labute approximate surface area is 359 Å². The van der Waals surface area contributed by atoms with E-state index in [2.05, 4.69) is 29.2 Å². The van der Waals surface area contributed by atoms with Crippen molar-refractivity contribution in [2.45, 2.75) is 113 Å². The number of aromatic nitrogens is 2. The minimum Gasteiger partial charge on any atom is -0.496 e. The first-order chi connectivity index (χ1) is 28.8. The second-order valence-electron chi connectivity index (χ2n) is 16.7. The number of benzene rings is 2. The number of nitrogens with zero attached hydrogens (tertiary/aromatic N) is 3. The smallest absolute Gasteiger partial charge is 0.259 e. The third-order valence-electron chi connectivity index (χ3n) is 12.0. The Kier molecular flexibility index (Phi) is 11.9. The molecule has 2 saturated carbocycles. The Hall–Kier alpha value is -4.73. The fourth-order valence-electron chi connectivity index (χ4n) is 8.28. The molecule has 5 atom stereocenters. The van der Waals surface area contributed by atoms with Crippen LogP contribution in [0.2, 0.25) is 5.02 Å². The van der Waals surface area contributed by atoms with Gasteiger partial charge in [-0.25, -0.2) is 18.4 Å². The Morgan fingerprint density at radius 1 is 1.07 bits per heavy atom. The zero-order valence-electron chi connectivity index (χ0n) is 34.2. The molecule has 0 bridgehead atoms. The van der Waals surface area contributed by atoms with Crippen LogP contribution in [0.15, 0.2) is 60.0 Å². The number of methoxy groups -OCH3 is 1. The van der Waals surface area contributed by atoms with Crippen LogP contribution in [0.4, 0.5) is 5.69 Å². The number of carbonyl (C=O) groups excluding carboxylic acids is 3. The van der Waals surface area contributed by atoms with Crippen LogP contribution in [0.25, 0.3) is 21.6 Å². The van der Waals surface area contributed by atoms with Crippen molar-refractivity contribution in [1.29, 1.82) is 0 Å². The SMILES string of the molecule is COc1ccc2c(O[C@@H]3C[C@H]4C(=O)N[C@]5(C(=O)NS(=O)(=O)C6CC6)C[C@H]5C=CCCCCC[C@H](Nc5cccc(Cl)c5)C(=O)N4C3)cc(-c3nc(C(C)C)cs3)nc2c1C. The first-order valence-corrected chi connectivity index (χ1v) is 23.5. The Bertz CT molecular complexity index is 2450. The molecule has 8 rings (SSSR count). The van der Waals surface area contributed by atoms with Crippen LogP contribution in [-0.2, 0) is 24.4 Å². The zero-order chi connectivity index (χ0) is 42.3. The summed E-state index contributed by atoms with van der Waals surface area (Å²) in [5, 5.41) is 9.77. The lowest BCUT2D eigenvalue weighted by Crippen LogP contribution is -2.57. The normalized spacial score (nSPS) is 24.9. The summed E-state index contributed by atoms with van der Waals surface area (Å²) in [5.74, 6) is -0.581. The Balaban J connectivity index is 1.15. The van der Waals surface area contributed by atoms with Gasteiger partial charge in [0.1, 0.15) is 45.9 Å². The number of nitrogens with one attached hydrogen (secondary N) is 3. The molecular weight excluding hydrogens is 824 g/mol. The minimum absolute atomic E-state index is 0.0757. The molecule has 3 N–H and O–H groups in total. The standard InChI is InChI=1S/C44H51ClN6O7S2/c1-25(2)35-24-59-41(48-35)34-21-38(32-17-18-37(57-4)26(3)39(32)47-34)58-30-20-36-40(52)49-44(43(54)50-60(55,56)31-15-16-31)22-27(44)11-8-6-5-7-9-14-33(42(53)51(36)23-30)46-29-13-10-12-28(45)19-29/h8,10-13,17-19,21,24-25,27,30-31,33,36,46H,5-7,9,14-16,20,22-23H2,1-4H3,(H,49,52)(H,50,54)/t27-,30-,33+,36+,44-/m1/s1. The fourth-order valence-corrected chi connectivity index (χ4v) is 10.8. The quantitative estimate of drug-likeness (QED) is 0.138. The van der Waals surface area contributed by atoms with E-state index in [1.54, 1.807) is 24.1 Å². The summed E-state index contributed by atoms with van der Waals surface area (Å²) in [5.41, 5.74) is 2.28. The lowest BCUT2D eigenvalue weighted by Gasteiger charge is -2.30. The van der Waals surface area contributed by atoms with Crippen molar-refractivity contribution in [2.24, 2.45) is 5.92 Å². The third kappa shape index (κ3) is 8.71. The van der Waals surface area contributed by atoms with Crippen molar-refractivity contribution in [1.82, 2.24) is 24.9 Å². The molecule has 3 fully saturated rings. The number of carbonyl (C=O) groups is 3. The first kappa shape index (κ1) is 42.0. The summed E-state index contributed by atoms with van der Waals surface area (Å²) in [6.45, 7) is 6.19. The molecule has 13 nitrogen and oxygen atoms in total. The molecule has 16 heteroatoms. The highest BCUT2D eigenvalue weighted by Gasteiger charge is 2.62. The van der Waals surface area contributed by atoms with Gasteiger partial charge in [0.2, 0.25) is 21.8 Å². The molecule has 2 aliphatic carbocycles. The van der Waals surface area contributed by atoms with E-state index in [4.69, 9.17) is 31.0 Å². The highest BCUT2D eigenvalue weighted by atomic mass is 35.5. The van der Waals surface area contributed by atoms with Gasteiger partial charge in [-0.2, -0.15) is 0 Å². The van der Waals surface area contributed by atoms with Gasteiger partial charge in [-0.05, 0) is 81.7 Å². The Morgan fingerprint density at radius 2 is 1.88 bits per heavy atom. The molecule has 2 aromatic heterocycles. The molecule has 60 heavy (non-hydrogen) atoms. The molecule has 4 aliphatic rings. The van der Waals surface area contributed by atoms with Crippen LogP contribution in [0.5, 0.6) is 11.5 Å². The van der Waals surface area contributed by atoms with Gasteiger partial charge in [0, 0.05) is 45.4 Å². The predicted octanol–water partition coefficient (Wildman–Crippen LogP) is 7.28. The van der Waals surface area contributed by atoms with E-state index in [1.165, 1.54) is 11.3 Å². The first-order valence-electron chi connectivity index (χ1n) is 20.7. The van der Waals surface area contributed by atoms with E-state index in [0.29, 0.717) is 52.7 Å². The van der Waals surface area contributed by atoms with Crippen molar-refractivity contribution in [3.8, 4) is 22.2 Å². The van der Waals surface area contributed by atoms with Crippen molar-refractivity contribution >= 4 is 67.3 Å². The second kappa shape index (κ2) is 17.0. The number of fused-ring (bicyclic) bond motifs is 3. The van der Waals surface area contributed by atoms with Crippen molar-refractivity contribution in [3.63, 3.8) is 0 Å². The number of sulfonamides is 1. The van der Waals surface area contributed by atoms with Crippen LogP contribution in [0, 0.1) is 12.8 Å². The van der Waals surface area contributed by atoms with E-state index in [-0.39, 0.29) is 31.2 Å². The average molecular weight is 876 g/mol. The highest BCUT2D eigenvalue weighted by Crippen LogP contribution is 2.46. The molecule has 1 saturated heterocycles. The summed E-state index contributed by atoms with van der Waals surface area (Å²) < 4.78 is 40.7. The van der Waals surface area contributed by atoms with E-state index in [9.17, 15) is 22.8 Å². The number of rotatable bonds is 10. The Morgan fingerprint density at radius 3 is 2.62 bits per heavy atom. The molecule has 0 radical (unpaired) electrons. The molecule has 0 unspecified atom stereocenters. The van der Waals surface area contributed by atoms with Gasteiger partial charge in [0.05, 0.1) is 30.1 Å². The lowest BCUT2D eigenvalue weighted by atomic mass is 10.0. The fraction of sp³-hybridized carbons (Fsp3) is 0.477. The van der Waals surface area contributed by atoms with Crippen LogP contribution in [0.1, 0.15) is 88.8 Å². The van der Waals surface area contributed by atoms with Crippen LogP contribution >= 0.6 is 22.9 Å². The molecule has 2 aromatic carbocycles. The van der Waals surface area contributed by atoms with Gasteiger partial charge in [-0.15, -0.1) is 11.3 Å². The number of thiazole rings is 1. The molecule has 2 aliphatic heterocycles. The highest BCUT2D eigenvalue weighted by molar-refractivity contribution is 7.91. The third-order valence-corrected chi connectivity index (χ3v) is 14.9. The minimum atomic E-state index is -3.89. The summed E-state index contributed by atoms with van der Waals surface area (Å²) in [4.78, 5) is 54.9. The number of halogens is 1. The number of anilines is 1. The number of ether oxygens (including phenoxy) is 2. The number of hydrogen-bond donors (Lipinski definition) is 3. The van der Waals surface area contributed by atoms with E-state index < -0.39 is 56.7 Å². The van der Waals surface area contributed by atoms with Gasteiger partial charge in [-0.3, -0.25) is 19.1 Å². The lowest BCUT2D eigenvalue weighted by molar-refractivity contribution is -0.140. The maximum Gasteiger partial charge on any atom is 0.259 e. The largest absolute Gasteiger partial charge is 0.496 e. The van der Waals surface area contributed by atoms with E-state index in [0.717, 1.165) is 47.3 Å². The number of pyridine rings is 1. The molecule has 3 amide bonds. The van der Waals surface area contributed by atoms with E-state index in [1.807, 2.05) is 54.8 Å². The second-order valence-corrected chi connectivity index (χ2v) is 20.0. The van der Waals surface area contributed by atoms with E-state index >= 15 is 0 Å². The monoisotopic (exact) mass is 874 g/mol. The zero-order valence-corrected chi connectivity index (χ0v) is 36.6. The molecule has 0 spiro atoms. The molecular formula is C44H51ClN6O7S2. The van der Waals surface area contributed by atoms with Crippen LogP contribution < -0.4 is 24.8 Å². The van der Waals surface area contributed by atoms with Crippen LogP contribution in [-0.4, -0.2) is 83.6 Å². The summed E-state index contributed by atoms with van der Waals surface area (Å²) >= 11 is 7.85. The maximum atomic E-state index is 14.9. The van der Waals surface area contributed by atoms with Crippen molar-refractivity contribution < 1.29 is 32.3 Å². The average Bonchev–Trinajstić information content (AvgIpc) is 4.09. The van der Waals surface area contributed by atoms with Gasteiger partial charge < -0.3 is 25.0 Å². The van der Waals surface area contributed by atoms with Crippen molar-refractivity contribution in [3.05, 3.63) is 76.3 Å². The van der Waals surface area contributed by atoms with Gasteiger partial charge in [0.25, 0.3) is 5.91 Å².